The molecule has 12 heteroatoms. The quantitative estimate of drug-likeness (QED) is 0.238. The van der Waals surface area contributed by atoms with Gasteiger partial charge in [-0.1, -0.05) is 13.8 Å². The molecule has 0 amide bonds. The number of nitrogens with zero attached hydrogens (tertiary/aromatic N) is 1. The molecule has 3 atom stereocenters. The van der Waals surface area contributed by atoms with Gasteiger partial charge in [0.25, 0.3) is 0 Å². The standard InChI is InChI=1S/C22H31N2O9P/c1-15(19(27)13-25)24-34(30,33-17-10-8-16(12-23)9-11-17)32-14-22(2,3)21(29)18(26)6-5-7-20(28)31-4/h8-11,15,21,25,29H,5-7,13-14H2,1-4H3,(H,24,30)/t15-,21-,34?/m0/s1. The number of nitriles is 1. The predicted molar refractivity (Wildman–Crippen MR) is 121 cm³/mol. The summed E-state index contributed by atoms with van der Waals surface area (Å²) in [5, 5.41) is 30.9. The molecule has 1 rings (SSSR count). The Morgan fingerprint density at radius 1 is 1.18 bits per heavy atom. The van der Waals surface area contributed by atoms with Crippen LogP contribution in [0.3, 0.4) is 0 Å². The number of esters is 1. The lowest BCUT2D eigenvalue weighted by Gasteiger charge is -2.31. The second-order valence-electron chi connectivity index (χ2n) is 8.26. The summed E-state index contributed by atoms with van der Waals surface area (Å²) in [5.41, 5.74) is -0.868. The van der Waals surface area contributed by atoms with Gasteiger partial charge in [0, 0.05) is 18.3 Å². The molecule has 0 spiro atoms. The number of ether oxygens (including phenoxy) is 1. The molecule has 0 saturated carbocycles. The molecule has 34 heavy (non-hydrogen) atoms. The summed E-state index contributed by atoms with van der Waals surface area (Å²) in [6, 6.07) is 6.48. The largest absolute Gasteiger partial charge is 0.469 e. The fraction of sp³-hybridized carbons (Fsp3) is 0.545. The van der Waals surface area contributed by atoms with Crippen LogP contribution < -0.4 is 9.61 Å². The van der Waals surface area contributed by atoms with Crippen LogP contribution >= 0.6 is 7.75 Å². The van der Waals surface area contributed by atoms with Crippen molar-refractivity contribution in [2.45, 2.75) is 52.2 Å². The molecule has 1 aromatic carbocycles. The minimum atomic E-state index is -4.24. The van der Waals surface area contributed by atoms with Gasteiger partial charge in [-0.3, -0.25) is 18.9 Å². The summed E-state index contributed by atoms with van der Waals surface area (Å²) in [7, 11) is -3.00. The van der Waals surface area contributed by atoms with Crippen LogP contribution in [0.25, 0.3) is 0 Å². The molecule has 11 nitrogen and oxygen atoms in total. The maximum absolute atomic E-state index is 13.4. The number of aliphatic hydroxyl groups excluding tert-OH is 2. The van der Waals surface area contributed by atoms with Crippen LogP contribution in [0.5, 0.6) is 5.75 Å². The molecule has 0 aliphatic heterocycles. The third kappa shape index (κ3) is 9.33. The van der Waals surface area contributed by atoms with Crippen molar-refractivity contribution in [2.75, 3.05) is 20.3 Å². The third-order valence-electron chi connectivity index (χ3n) is 4.88. The zero-order valence-corrected chi connectivity index (χ0v) is 20.5. The molecule has 0 saturated heterocycles. The summed E-state index contributed by atoms with van der Waals surface area (Å²) in [4.78, 5) is 35.4. The maximum Gasteiger partial charge on any atom is 0.459 e. The molecule has 0 fully saturated rings. The van der Waals surface area contributed by atoms with Gasteiger partial charge in [-0.15, -0.1) is 0 Å². The highest BCUT2D eigenvalue weighted by Gasteiger charge is 2.38. The Morgan fingerprint density at radius 2 is 1.79 bits per heavy atom. The number of Topliss-reactive ketones (excluding diaryl/α,β-unsaturated/α-hetero) is 2. The molecule has 0 radical (unpaired) electrons. The number of carbonyl (C=O) groups is 3. The summed E-state index contributed by atoms with van der Waals surface area (Å²) < 4.78 is 28.9. The van der Waals surface area contributed by atoms with Crippen LogP contribution in [0.4, 0.5) is 0 Å². The van der Waals surface area contributed by atoms with E-state index < -0.39 is 56.1 Å². The monoisotopic (exact) mass is 498 g/mol. The van der Waals surface area contributed by atoms with Crippen LogP contribution in [0, 0.1) is 16.7 Å². The van der Waals surface area contributed by atoms with Gasteiger partial charge >= 0.3 is 13.7 Å². The van der Waals surface area contributed by atoms with Crippen molar-refractivity contribution >= 4 is 25.3 Å². The number of aliphatic hydroxyl groups is 2. The number of rotatable bonds is 15. The highest BCUT2D eigenvalue weighted by molar-refractivity contribution is 7.52. The number of nitrogens with one attached hydrogen (secondary N) is 1. The molecular formula is C22H31N2O9P. The van der Waals surface area contributed by atoms with Crippen LogP contribution in [0.15, 0.2) is 24.3 Å². The van der Waals surface area contributed by atoms with Crippen molar-refractivity contribution in [1.82, 2.24) is 5.09 Å². The maximum atomic E-state index is 13.4. The van der Waals surface area contributed by atoms with E-state index >= 15 is 0 Å². The summed E-state index contributed by atoms with van der Waals surface area (Å²) in [6.45, 7) is 3.20. The van der Waals surface area contributed by atoms with E-state index in [-0.39, 0.29) is 25.0 Å². The first kappa shape index (κ1) is 29.4. The number of ketones is 2. The molecule has 0 aliphatic carbocycles. The summed E-state index contributed by atoms with van der Waals surface area (Å²) >= 11 is 0. The predicted octanol–water partition coefficient (Wildman–Crippen LogP) is 1.90. The number of methoxy groups -OCH3 is 1. The van der Waals surface area contributed by atoms with Gasteiger partial charge in [0.15, 0.2) is 11.6 Å². The fourth-order valence-corrected chi connectivity index (χ4v) is 4.38. The van der Waals surface area contributed by atoms with Gasteiger partial charge in [0.2, 0.25) is 0 Å². The molecule has 0 heterocycles. The highest BCUT2D eigenvalue weighted by Crippen LogP contribution is 2.46. The van der Waals surface area contributed by atoms with Crippen molar-refractivity contribution in [1.29, 1.82) is 5.26 Å². The first-order valence-corrected chi connectivity index (χ1v) is 12.0. The van der Waals surface area contributed by atoms with Crippen molar-refractivity contribution in [3.63, 3.8) is 0 Å². The molecule has 1 unspecified atom stereocenters. The van der Waals surface area contributed by atoms with Crippen molar-refractivity contribution in [3.05, 3.63) is 29.8 Å². The van der Waals surface area contributed by atoms with Gasteiger partial charge in [0.1, 0.15) is 18.5 Å². The van der Waals surface area contributed by atoms with E-state index in [1.165, 1.54) is 52.1 Å². The normalized spacial score (nSPS) is 14.9. The lowest BCUT2D eigenvalue weighted by molar-refractivity contribution is -0.141. The topological polar surface area (TPSA) is 172 Å². The van der Waals surface area contributed by atoms with Gasteiger partial charge in [-0.05, 0) is 37.6 Å². The Labute approximate surface area is 198 Å². The second kappa shape index (κ2) is 13.3. The number of hydrogen-bond acceptors (Lipinski definition) is 10. The third-order valence-corrected chi connectivity index (χ3v) is 6.51. The lowest BCUT2D eigenvalue weighted by atomic mass is 9.84. The highest BCUT2D eigenvalue weighted by atomic mass is 31.2. The Hall–Kier alpha value is -2.61. The SMILES string of the molecule is COC(=O)CCCC(=O)[C@H](O)C(C)(C)COP(=O)(N[C@@H](C)C(=O)CO)Oc1ccc(C#N)cc1. The number of benzene rings is 1. The smallest absolute Gasteiger partial charge is 0.459 e. The number of hydrogen-bond donors (Lipinski definition) is 3. The first-order valence-electron chi connectivity index (χ1n) is 10.5. The minimum absolute atomic E-state index is 0.0280. The van der Waals surface area contributed by atoms with Gasteiger partial charge in [-0.25, -0.2) is 9.65 Å². The lowest BCUT2D eigenvalue weighted by Crippen LogP contribution is -2.41. The van der Waals surface area contributed by atoms with Crippen LogP contribution in [-0.2, 0) is 28.2 Å². The van der Waals surface area contributed by atoms with Crippen molar-refractivity contribution in [3.8, 4) is 11.8 Å². The van der Waals surface area contributed by atoms with Gasteiger partial charge < -0.3 is 19.5 Å². The van der Waals surface area contributed by atoms with Gasteiger partial charge in [0.05, 0.1) is 31.4 Å². The van der Waals surface area contributed by atoms with Gasteiger partial charge in [-0.2, -0.15) is 5.26 Å². The van der Waals surface area contributed by atoms with E-state index in [1.54, 1.807) is 0 Å². The van der Waals surface area contributed by atoms with Crippen LogP contribution in [0.2, 0.25) is 0 Å². The number of carbonyl (C=O) groups excluding carboxylic acids is 3. The molecule has 188 valence electrons. The minimum Gasteiger partial charge on any atom is -0.469 e. The summed E-state index contributed by atoms with van der Waals surface area (Å²) in [6.07, 6.45) is -1.34. The molecular weight excluding hydrogens is 467 g/mol. The Kier molecular flexibility index (Phi) is 11.5. The van der Waals surface area contributed by atoms with Crippen molar-refractivity contribution in [2.24, 2.45) is 5.41 Å². The van der Waals surface area contributed by atoms with E-state index in [0.29, 0.717) is 5.56 Å². The molecule has 1 aromatic rings. The second-order valence-corrected chi connectivity index (χ2v) is 9.95. The molecule has 0 aromatic heterocycles. The Bertz CT molecular complexity index is 941. The summed E-state index contributed by atoms with van der Waals surface area (Å²) in [5.74, 6) is -1.58. The van der Waals surface area contributed by atoms with Crippen LogP contribution in [0.1, 0.15) is 45.6 Å². The average Bonchev–Trinajstić information content (AvgIpc) is 2.81. The molecule has 0 bridgehead atoms. The first-order chi connectivity index (χ1) is 15.9. The molecule has 3 N–H and O–H groups in total. The average molecular weight is 498 g/mol. The zero-order chi connectivity index (χ0) is 25.9. The van der Waals surface area contributed by atoms with E-state index in [2.05, 4.69) is 9.82 Å². The Morgan fingerprint density at radius 3 is 2.32 bits per heavy atom. The van der Waals surface area contributed by atoms with Crippen LogP contribution in [-0.4, -0.2) is 60.2 Å². The fourth-order valence-electron chi connectivity index (χ4n) is 2.68. The molecule has 0 aliphatic rings. The van der Waals surface area contributed by atoms with E-state index in [0.717, 1.165) is 0 Å². The Balaban J connectivity index is 2.94. The van der Waals surface area contributed by atoms with E-state index in [9.17, 15) is 24.1 Å². The van der Waals surface area contributed by atoms with E-state index in [1.807, 2.05) is 6.07 Å². The zero-order valence-electron chi connectivity index (χ0n) is 19.6. The van der Waals surface area contributed by atoms with Crippen molar-refractivity contribution < 1.29 is 42.9 Å². The van der Waals surface area contributed by atoms with E-state index in [4.69, 9.17) is 19.4 Å².